The summed E-state index contributed by atoms with van der Waals surface area (Å²) in [7, 11) is 0. The highest BCUT2D eigenvalue weighted by molar-refractivity contribution is 8.00. The van der Waals surface area contributed by atoms with Crippen LogP contribution in [-0.4, -0.2) is 15.2 Å². The van der Waals surface area contributed by atoms with Crippen molar-refractivity contribution < 1.29 is 0 Å². The van der Waals surface area contributed by atoms with Crippen LogP contribution in [0.3, 0.4) is 0 Å². The molecule has 0 N–H and O–H groups in total. The fourth-order valence-corrected chi connectivity index (χ4v) is 2.28. The smallest absolute Gasteiger partial charge is 0.156 e. The molecule has 5 heteroatoms. The third-order valence-electron chi connectivity index (χ3n) is 1.37. The van der Waals surface area contributed by atoms with Gasteiger partial charge in [0.25, 0.3) is 0 Å². The van der Waals surface area contributed by atoms with Crippen LogP contribution in [0, 0.1) is 6.92 Å². The molecule has 13 heavy (non-hydrogen) atoms. The number of hydrogen-bond acceptors (Lipinski definition) is 5. The lowest BCUT2D eigenvalue weighted by atomic mass is 10.4. The van der Waals surface area contributed by atoms with E-state index in [1.807, 2.05) is 24.4 Å². The lowest BCUT2D eigenvalue weighted by Gasteiger charge is -1.94. The van der Waals surface area contributed by atoms with Crippen molar-refractivity contribution in [1.82, 2.24) is 15.2 Å². The summed E-state index contributed by atoms with van der Waals surface area (Å²) in [5.74, 6) is 0. The third-order valence-corrected chi connectivity index (χ3v) is 3.19. The van der Waals surface area contributed by atoms with E-state index >= 15 is 0 Å². The van der Waals surface area contributed by atoms with Gasteiger partial charge in [-0.05, 0) is 30.8 Å². The summed E-state index contributed by atoms with van der Waals surface area (Å²) in [6.45, 7) is 1.92. The molecule has 0 saturated heterocycles. The van der Waals surface area contributed by atoms with Gasteiger partial charge in [-0.2, -0.15) is 5.10 Å². The maximum atomic E-state index is 4.15. The van der Waals surface area contributed by atoms with Gasteiger partial charge in [0.2, 0.25) is 0 Å². The Labute approximate surface area is 84.2 Å². The minimum atomic E-state index is 0.889. The molecule has 0 spiro atoms. The van der Waals surface area contributed by atoms with Crippen molar-refractivity contribution in [1.29, 1.82) is 0 Å². The summed E-state index contributed by atoms with van der Waals surface area (Å²) in [6.07, 6.45) is 1.79. The molecule has 2 heterocycles. The fourth-order valence-electron chi connectivity index (χ4n) is 0.791. The first kappa shape index (κ1) is 8.65. The van der Waals surface area contributed by atoms with E-state index in [1.165, 1.54) is 11.8 Å². The van der Waals surface area contributed by atoms with Crippen LogP contribution in [0.4, 0.5) is 0 Å². The minimum absolute atomic E-state index is 0.889. The molecule has 0 amide bonds. The van der Waals surface area contributed by atoms with E-state index in [1.54, 1.807) is 17.5 Å². The van der Waals surface area contributed by atoms with E-state index in [0.29, 0.717) is 0 Å². The molecule has 3 nitrogen and oxygen atoms in total. The van der Waals surface area contributed by atoms with Crippen molar-refractivity contribution in [3.63, 3.8) is 0 Å². The molecule has 0 aliphatic heterocycles. The second-order valence-corrected chi connectivity index (χ2v) is 4.58. The predicted octanol–water partition coefficient (Wildman–Crippen LogP) is 2.39. The van der Waals surface area contributed by atoms with Gasteiger partial charge in [0, 0.05) is 11.6 Å². The van der Waals surface area contributed by atoms with E-state index in [0.717, 1.165) is 15.1 Å². The van der Waals surface area contributed by atoms with Crippen molar-refractivity contribution >= 4 is 23.1 Å². The quantitative estimate of drug-likeness (QED) is 0.761. The molecule has 0 saturated carbocycles. The Balaban J connectivity index is 2.15. The minimum Gasteiger partial charge on any atom is -0.238 e. The van der Waals surface area contributed by atoms with Gasteiger partial charge < -0.3 is 0 Å². The molecule has 0 aliphatic carbocycles. The van der Waals surface area contributed by atoms with Crippen molar-refractivity contribution in [2.24, 2.45) is 0 Å². The normalized spacial score (nSPS) is 10.2. The molecule has 2 aromatic heterocycles. The van der Waals surface area contributed by atoms with Crippen LogP contribution >= 0.6 is 23.1 Å². The van der Waals surface area contributed by atoms with Gasteiger partial charge >= 0.3 is 0 Å². The Morgan fingerprint density at radius 1 is 1.31 bits per heavy atom. The van der Waals surface area contributed by atoms with Gasteiger partial charge in [-0.1, -0.05) is 0 Å². The number of hydrogen-bond donors (Lipinski definition) is 0. The molecule has 0 fully saturated rings. The molecular weight excluding hydrogens is 202 g/mol. The number of aromatic nitrogens is 3. The first-order valence-electron chi connectivity index (χ1n) is 3.72. The highest BCUT2D eigenvalue weighted by Gasteiger charge is 2.00. The van der Waals surface area contributed by atoms with Crippen molar-refractivity contribution in [2.45, 2.75) is 16.3 Å². The van der Waals surface area contributed by atoms with E-state index < -0.39 is 0 Å². The standard InChI is InChI=1S/C8H7N3S2/c1-6-2-3-7(11-10-6)13-8-9-4-5-12-8/h2-5H,1H3. The predicted molar refractivity (Wildman–Crippen MR) is 53.0 cm³/mol. The number of nitrogens with zero attached hydrogens (tertiary/aromatic N) is 3. The summed E-state index contributed by atoms with van der Waals surface area (Å²) < 4.78 is 0.998. The summed E-state index contributed by atoms with van der Waals surface area (Å²) >= 11 is 3.14. The molecule has 0 aromatic carbocycles. The number of aryl methyl sites for hydroxylation is 1. The Kier molecular flexibility index (Phi) is 2.56. The van der Waals surface area contributed by atoms with Crippen LogP contribution in [0.15, 0.2) is 33.1 Å². The highest BCUT2D eigenvalue weighted by atomic mass is 32.2. The summed E-state index contributed by atoms with van der Waals surface area (Å²) in [4.78, 5) is 4.15. The van der Waals surface area contributed by atoms with E-state index in [2.05, 4.69) is 15.2 Å². The molecule has 66 valence electrons. The van der Waals surface area contributed by atoms with Gasteiger partial charge in [-0.15, -0.1) is 16.4 Å². The van der Waals surface area contributed by atoms with Crippen molar-refractivity contribution in [3.05, 3.63) is 29.4 Å². The third kappa shape index (κ3) is 2.26. The van der Waals surface area contributed by atoms with Gasteiger partial charge in [-0.25, -0.2) is 4.98 Å². The summed E-state index contributed by atoms with van der Waals surface area (Å²) in [5.41, 5.74) is 0.934. The van der Waals surface area contributed by atoms with Crippen LogP contribution in [-0.2, 0) is 0 Å². The highest BCUT2D eigenvalue weighted by Crippen LogP contribution is 2.26. The van der Waals surface area contributed by atoms with Crippen LogP contribution in [0.5, 0.6) is 0 Å². The van der Waals surface area contributed by atoms with Gasteiger partial charge in [0.1, 0.15) is 5.03 Å². The monoisotopic (exact) mass is 209 g/mol. The zero-order chi connectivity index (χ0) is 9.10. The topological polar surface area (TPSA) is 38.7 Å². The molecule has 2 aromatic rings. The average molecular weight is 209 g/mol. The van der Waals surface area contributed by atoms with Gasteiger partial charge in [-0.3, -0.25) is 0 Å². The Morgan fingerprint density at radius 3 is 2.85 bits per heavy atom. The molecule has 0 aliphatic rings. The average Bonchev–Trinajstić information content (AvgIpc) is 2.62. The first-order chi connectivity index (χ1) is 6.34. The van der Waals surface area contributed by atoms with Crippen LogP contribution in [0.1, 0.15) is 5.69 Å². The van der Waals surface area contributed by atoms with E-state index in [9.17, 15) is 0 Å². The SMILES string of the molecule is Cc1ccc(Sc2nccs2)nn1. The second-order valence-electron chi connectivity index (χ2n) is 2.41. The Hall–Kier alpha value is -0.940. The van der Waals surface area contributed by atoms with Gasteiger partial charge in [0.05, 0.1) is 5.69 Å². The van der Waals surface area contributed by atoms with Crippen LogP contribution < -0.4 is 0 Å². The molecule has 2 rings (SSSR count). The first-order valence-corrected chi connectivity index (χ1v) is 5.42. The maximum Gasteiger partial charge on any atom is 0.156 e. The molecule has 0 unspecified atom stereocenters. The Morgan fingerprint density at radius 2 is 2.23 bits per heavy atom. The molecule has 0 radical (unpaired) electrons. The van der Waals surface area contributed by atoms with Crippen LogP contribution in [0.25, 0.3) is 0 Å². The van der Waals surface area contributed by atoms with Gasteiger partial charge in [0.15, 0.2) is 4.34 Å². The molecule has 0 atom stereocenters. The lowest BCUT2D eigenvalue weighted by Crippen LogP contribution is -1.86. The summed E-state index contributed by atoms with van der Waals surface area (Å²) in [6, 6.07) is 3.90. The molecule has 0 bridgehead atoms. The van der Waals surface area contributed by atoms with E-state index in [-0.39, 0.29) is 0 Å². The largest absolute Gasteiger partial charge is 0.238 e. The fraction of sp³-hybridized carbons (Fsp3) is 0.125. The zero-order valence-corrected chi connectivity index (χ0v) is 8.60. The maximum absolute atomic E-state index is 4.15. The van der Waals surface area contributed by atoms with Crippen molar-refractivity contribution in [3.8, 4) is 0 Å². The zero-order valence-electron chi connectivity index (χ0n) is 6.97. The molecular formula is C8H7N3S2. The van der Waals surface area contributed by atoms with Crippen LogP contribution in [0.2, 0.25) is 0 Å². The summed E-state index contributed by atoms with van der Waals surface area (Å²) in [5, 5.41) is 10.8. The van der Waals surface area contributed by atoms with Crippen molar-refractivity contribution in [2.75, 3.05) is 0 Å². The van der Waals surface area contributed by atoms with E-state index in [4.69, 9.17) is 0 Å². The lowest BCUT2D eigenvalue weighted by molar-refractivity contribution is 0.895. The Bertz CT molecular complexity index is 369. The number of thiazole rings is 1. The number of rotatable bonds is 2. The second kappa shape index (κ2) is 3.85.